The van der Waals surface area contributed by atoms with Crippen LogP contribution in [0.5, 0.6) is 0 Å². The normalized spacial score (nSPS) is 22.7. The Hall–Kier alpha value is -3.30. The Morgan fingerprint density at radius 3 is 2.44 bits per heavy atom. The number of ether oxygens (including phenoxy) is 1. The van der Waals surface area contributed by atoms with Gasteiger partial charge in [-0.3, -0.25) is 14.2 Å². The van der Waals surface area contributed by atoms with E-state index in [9.17, 15) is 33.4 Å². The maximum Gasteiger partial charge on any atom is 0.351 e. The van der Waals surface area contributed by atoms with Crippen LogP contribution in [0.1, 0.15) is 32.1 Å². The Morgan fingerprint density at radius 2 is 1.87 bits per heavy atom. The van der Waals surface area contributed by atoms with Crippen LogP contribution in [0.25, 0.3) is 0 Å². The first kappa shape index (κ1) is 30.2. The first-order chi connectivity index (χ1) is 18.3. The van der Waals surface area contributed by atoms with Gasteiger partial charge < -0.3 is 36.4 Å². The van der Waals surface area contributed by atoms with E-state index < -0.39 is 66.7 Å². The van der Waals surface area contributed by atoms with Crippen LogP contribution in [0.4, 0.5) is 14.6 Å². The number of benzene rings is 1. The molecule has 6 atom stereocenters. The standard InChI is InChI=1S/C25H33F2N5O7/c1-13(2)10-16(29-22(37)19(34)15(28)11-14-6-4-3-5-7-14)21(36)30-18-8-9-32(24(38)31-18)23-25(26,27)20(35)17(12-33)39-23/h3-9,13,15-17,19-20,23,33-35H,10-12,28H2,1-2H3,(H,29,37)(H,30,31,36,38)/t15-,16+,17-,19+,20-,23-/m1/s1. The van der Waals surface area contributed by atoms with Gasteiger partial charge in [-0.05, 0) is 30.4 Å². The lowest BCUT2D eigenvalue weighted by atomic mass is 9.99. The zero-order chi connectivity index (χ0) is 28.9. The molecule has 2 amide bonds. The molecule has 214 valence electrons. The summed E-state index contributed by atoms with van der Waals surface area (Å²) in [6.45, 7) is 2.72. The highest BCUT2D eigenvalue weighted by Crippen LogP contribution is 2.41. The van der Waals surface area contributed by atoms with Crippen LogP contribution in [0.15, 0.2) is 47.4 Å². The second-order valence-electron chi connectivity index (χ2n) is 9.81. The molecule has 39 heavy (non-hydrogen) atoms. The first-order valence-corrected chi connectivity index (χ1v) is 12.3. The van der Waals surface area contributed by atoms with Crippen molar-refractivity contribution in [3.05, 3.63) is 58.6 Å². The zero-order valence-electron chi connectivity index (χ0n) is 21.4. The van der Waals surface area contributed by atoms with E-state index in [0.29, 0.717) is 4.57 Å². The van der Waals surface area contributed by atoms with Crippen molar-refractivity contribution < 1.29 is 38.4 Å². The lowest BCUT2D eigenvalue weighted by Gasteiger charge is -2.24. The molecule has 1 aromatic carbocycles. The number of rotatable bonds is 11. The summed E-state index contributed by atoms with van der Waals surface area (Å²) in [6, 6.07) is 8.00. The van der Waals surface area contributed by atoms with Gasteiger partial charge in [-0.1, -0.05) is 44.2 Å². The van der Waals surface area contributed by atoms with Crippen molar-refractivity contribution in [2.24, 2.45) is 11.7 Å². The number of amides is 2. The molecule has 3 rings (SSSR count). The molecule has 1 fully saturated rings. The van der Waals surface area contributed by atoms with Crippen LogP contribution in [-0.2, 0) is 20.7 Å². The Labute approximate surface area is 222 Å². The lowest BCUT2D eigenvalue weighted by molar-refractivity contribution is -0.141. The first-order valence-electron chi connectivity index (χ1n) is 12.3. The van der Waals surface area contributed by atoms with Crippen LogP contribution >= 0.6 is 0 Å². The number of hydrogen-bond donors (Lipinski definition) is 6. The van der Waals surface area contributed by atoms with E-state index in [-0.39, 0.29) is 24.6 Å². The number of nitrogens with zero attached hydrogens (tertiary/aromatic N) is 2. The number of carbonyl (C=O) groups excluding carboxylic acids is 2. The quantitative estimate of drug-likeness (QED) is 0.214. The summed E-state index contributed by atoms with van der Waals surface area (Å²) in [5, 5.41) is 34.1. The molecule has 1 saturated heterocycles. The maximum atomic E-state index is 14.4. The molecular weight excluding hydrogens is 520 g/mol. The molecule has 0 aliphatic carbocycles. The van der Waals surface area contributed by atoms with E-state index in [1.54, 1.807) is 38.1 Å². The summed E-state index contributed by atoms with van der Waals surface area (Å²) in [7, 11) is 0. The fourth-order valence-corrected chi connectivity index (χ4v) is 4.14. The predicted molar refractivity (Wildman–Crippen MR) is 135 cm³/mol. The van der Waals surface area contributed by atoms with E-state index >= 15 is 0 Å². The van der Waals surface area contributed by atoms with E-state index in [1.165, 1.54) is 0 Å². The Kier molecular flexibility index (Phi) is 9.85. The predicted octanol–water partition coefficient (Wildman–Crippen LogP) is -0.470. The smallest absolute Gasteiger partial charge is 0.351 e. The number of aliphatic hydroxyl groups is 3. The minimum atomic E-state index is -3.89. The van der Waals surface area contributed by atoms with Gasteiger partial charge in [0.2, 0.25) is 12.1 Å². The molecule has 0 radical (unpaired) electrons. The summed E-state index contributed by atoms with van der Waals surface area (Å²) >= 11 is 0. The van der Waals surface area contributed by atoms with Gasteiger partial charge >= 0.3 is 11.6 Å². The molecular formula is C25H33F2N5O7. The molecule has 1 aliphatic heterocycles. The number of anilines is 1. The fourth-order valence-electron chi connectivity index (χ4n) is 4.14. The third-order valence-corrected chi connectivity index (χ3v) is 6.22. The SMILES string of the molecule is CC(C)C[C@H](NC(=O)[C@@H](O)[C@H](N)Cc1ccccc1)C(=O)Nc1ccn([C@@H]2O[C@H](CO)[C@@H](O)C2(F)F)c(=O)n1. The highest BCUT2D eigenvalue weighted by Gasteiger charge is 2.59. The monoisotopic (exact) mass is 553 g/mol. The van der Waals surface area contributed by atoms with Crippen LogP contribution in [0, 0.1) is 5.92 Å². The minimum absolute atomic E-state index is 0.0650. The van der Waals surface area contributed by atoms with E-state index in [2.05, 4.69) is 15.6 Å². The van der Waals surface area contributed by atoms with Gasteiger partial charge in [0, 0.05) is 12.2 Å². The van der Waals surface area contributed by atoms with Crippen molar-refractivity contribution in [2.45, 2.75) is 69.2 Å². The van der Waals surface area contributed by atoms with Gasteiger partial charge in [-0.2, -0.15) is 13.8 Å². The number of carbonyl (C=O) groups is 2. The molecule has 14 heteroatoms. The van der Waals surface area contributed by atoms with Gasteiger partial charge in [0.25, 0.3) is 5.91 Å². The molecule has 7 N–H and O–H groups in total. The fraction of sp³-hybridized carbons (Fsp3) is 0.520. The number of halogens is 2. The largest absolute Gasteiger partial charge is 0.394 e. The van der Waals surface area contributed by atoms with E-state index in [1.807, 2.05) is 6.07 Å². The van der Waals surface area contributed by atoms with Crippen molar-refractivity contribution in [1.29, 1.82) is 0 Å². The summed E-state index contributed by atoms with van der Waals surface area (Å²) in [5.41, 5.74) is 5.61. The van der Waals surface area contributed by atoms with E-state index in [4.69, 9.17) is 15.6 Å². The van der Waals surface area contributed by atoms with Crippen molar-refractivity contribution in [2.75, 3.05) is 11.9 Å². The van der Waals surface area contributed by atoms with Gasteiger partial charge in [0.15, 0.2) is 6.10 Å². The van der Waals surface area contributed by atoms with Crippen molar-refractivity contribution in [3.8, 4) is 0 Å². The number of nitrogens with two attached hydrogens (primary N) is 1. The molecule has 2 heterocycles. The van der Waals surface area contributed by atoms with Crippen LogP contribution < -0.4 is 22.1 Å². The number of aliphatic hydroxyl groups excluding tert-OH is 3. The molecule has 12 nitrogen and oxygen atoms in total. The second-order valence-corrected chi connectivity index (χ2v) is 9.81. The minimum Gasteiger partial charge on any atom is -0.394 e. The van der Waals surface area contributed by atoms with Gasteiger partial charge in [0.1, 0.15) is 24.1 Å². The second kappa shape index (κ2) is 12.7. The summed E-state index contributed by atoms with van der Waals surface area (Å²) in [5.74, 6) is -5.86. The Morgan fingerprint density at radius 1 is 1.21 bits per heavy atom. The summed E-state index contributed by atoms with van der Waals surface area (Å²) in [6.07, 6.45) is -6.49. The molecule has 0 bridgehead atoms. The average molecular weight is 554 g/mol. The zero-order valence-corrected chi connectivity index (χ0v) is 21.4. The Bertz CT molecular complexity index is 1200. The maximum absolute atomic E-state index is 14.4. The number of nitrogens with one attached hydrogen (secondary N) is 2. The highest BCUT2D eigenvalue weighted by molar-refractivity contribution is 5.97. The molecule has 2 aromatic rings. The number of hydrogen-bond acceptors (Lipinski definition) is 9. The van der Waals surface area contributed by atoms with Crippen molar-refractivity contribution in [3.63, 3.8) is 0 Å². The summed E-state index contributed by atoms with van der Waals surface area (Å²) in [4.78, 5) is 41.7. The van der Waals surface area contributed by atoms with Gasteiger partial charge in [-0.25, -0.2) is 4.79 Å². The van der Waals surface area contributed by atoms with Gasteiger partial charge in [0.05, 0.1) is 6.61 Å². The third kappa shape index (κ3) is 7.22. The molecule has 0 saturated carbocycles. The molecule has 1 aromatic heterocycles. The molecule has 0 spiro atoms. The Balaban J connectivity index is 1.69. The number of alkyl halides is 2. The highest BCUT2D eigenvalue weighted by atomic mass is 19.3. The van der Waals surface area contributed by atoms with Crippen LogP contribution in [0.3, 0.4) is 0 Å². The lowest BCUT2D eigenvalue weighted by Crippen LogP contribution is -2.53. The van der Waals surface area contributed by atoms with Crippen molar-refractivity contribution >= 4 is 17.6 Å². The topological polar surface area (TPSA) is 189 Å². The number of aromatic nitrogens is 2. The van der Waals surface area contributed by atoms with E-state index in [0.717, 1.165) is 17.8 Å². The summed E-state index contributed by atoms with van der Waals surface area (Å²) < 4.78 is 34.2. The molecule has 0 unspecified atom stereocenters. The van der Waals surface area contributed by atoms with Gasteiger partial charge in [-0.15, -0.1) is 0 Å². The average Bonchev–Trinajstić information content (AvgIpc) is 3.11. The third-order valence-electron chi connectivity index (χ3n) is 6.22. The van der Waals surface area contributed by atoms with Crippen LogP contribution in [-0.4, -0.2) is 79.6 Å². The molecule has 1 aliphatic rings. The van der Waals surface area contributed by atoms with Crippen LogP contribution in [0.2, 0.25) is 0 Å². The van der Waals surface area contributed by atoms with Crippen molar-refractivity contribution in [1.82, 2.24) is 14.9 Å².